The van der Waals surface area contributed by atoms with Crippen LogP contribution in [0.3, 0.4) is 0 Å². The van der Waals surface area contributed by atoms with Gasteiger partial charge in [-0.1, -0.05) is 17.7 Å². The van der Waals surface area contributed by atoms with Crippen LogP contribution in [0.5, 0.6) is 0 Å². The van der Waals surface area contributed by atoms with Crippen molar-refractivity contribution in [3.05, 3.63) is 40.9 Å². The fourth-order valence-corrected chi connectivity index (χ4v) is 5.58. The van der Waals surface area contributed by atoms with E-state index in [-0.39, 0.29) is 22.9 Å². The monoisotopic (exact) mass is 463 g/mol. The number of anilines is 1. The van der Waals surface area contributed by atoms with Crippen molar-refractivity contribution in [2.45, 2.75) is 43.7 Å². The van der Waals surface area contributed by atoms with Crippen LogP contribution in [0.2, 0.25) is 5.15 Å². The second kappa shape index (κ2) is 8.70. The van der Waals surface area contributed by atoms with Crippen molar-refractivity contribution in [1.82, 2.24) is 19.9 Å². The number of aromatic nitrogens is 3. The third kappa shape index (κ3) is 4.82. The zero-order valence-electron chi connectivity index (χ0n) is 17.7. The van der Waals surface area contributed by atoms with Crippen molar-refractivity contribution >= 4 is 33.2 Å². The van der Waals surface area contributed by atoms with Gasteiger partial charge >= 0.3 is 0 Å². The van der Waals surface area contributed by atoms with E-state index in [0.717, 1.165) is 56.5 Å². The highest BCUT2D eigenvalue weighted by molar-refractivity contribution is 7.90. The van der Waals surface area contributed by atoms with Crippen LogP contribution < -0.4 is 4.90 Å². The molecule has 0 spiro atoms. The number of amides is 1. The summed E-state index contributed by atoms with van der Waals surface area (Å²) in [6.45, 7) is 4.16. The Morgan fingerprint density at radius 3 is 2.42 bits per heavy atom. The molecule has 4 rings (SSSR count). The summed E-state index contributed by atoms with van der Waals surface area (Å²) < 4.78 is 23.5. The Balaban J connectivity index is 1.35. The van der Waals surface area contributed by atoms with Crippen molar-refractivity contribution in [2.75, 3.05) is 30.8 Å². The normalized spacial score (nSPS) is 20.5. The lowest BCUT2D eigenvalue weighted by atomic mass is 9.98. The number of aryl methyl sites for hydroxylation is 1. The second-order valence-electron chi connectivity index (χ2n) is 8.37. The Bertz CT molecular complexity index is 1070. The lowest BCUT2D eigenvalue weighted by Gasteiger charge is -2.37. The average molecular weight is 464 g/mol. The summed E-state index contributed by atoms with van der Waals surface area (Å²) in [5.41, 5.74) is 1.53. The molecule has 4 heterocycles. The Labute approximate surface area is 187 Å². The van der Waals surface area contributed by atoms with Crippen molar-refractivity contribution in [2.24, 2.45) is 5.92 Å². The molecule has 0 aromatic carbocycles. The molecule has 2 aromatic rings. The molecule has 0 saturated carbocycles. The van der Waals surface area contributed by atoms with Gasteiger partial charge in [0.15, 0.2) is 14.9 Å². The largest absolute Gasteiger partial charge is 0.355 e. The van der Waals surface area contributed by atoms with Gasteiger partial charge in [-0.2, -0.15) is 0 Å². The minimum absolute atomic E-state index is 0.0783. The summed E-state index contributed by atoms with van der Waals surface area (Å²) in [5.74, 6) is 0.925. The van der Waals surface area contributed by atoms with Gasteiger partial charge in [-0.3, -0.25) is 4.79 Å². The molecule has 0 N–H and O–H groups in total. The molecule has 1 atom stereocenters. The van der Waals surface area contributed by atoms with Gasteiger partial charge in [0.05, 0.1) is 12.4 Å². The Morgan fingerprint density at radius 2 is 1.81 bits per heavy atom. The van der Waals surface area contributed by atoms with E-state index in [1.54, 1.807) is 25.5 Å². The third-order valence-electron chi connectivity index (χ3n) is 6.11. The smallest absolute Gasteiger partial charge is 0.226 e. The molecule has 2 aliphatic rings. The quantitative estimate of drug-likeness (QED) is 0.671. The van der Waals surface area contributed by atoms with Gasteiger partial charge in [-0.05, 0) is 43.7 Å². The van der Waals surface area contributed by atoms with Crippen LogP contribution in [0.1, 0.15) is 30.4 Å². The third-order valence-corrected chi connectivity index (χ3v) is 7.43. The van der Waals surface area contributed by atoms with Crippen LogP contribution in [-0.2, 0) is 21.1 Å². The van der Waals surface area contributed by atoms with Crippen LogP contribution in [0.25, 0.3) is 0 Å². The van der Waals surface area contributed by atoms with Crippen LogP contribution in [0.15, 0.2) is 29.7 Å². The van der Waals surface area contributed by atoms with Crippen LogP contribution in [-0.4, -0.2) is 66.1 Å². The first-order valence-corrected chi connectivity index (χ1v) is 12.7. The molecule has 0 radical (unpaired) electrons. The summed E-state index contributed by atoms with van der Waals surface area (Å²) in [4.78, 5) is 29.8. The first-order chi connectivity index (χ1) is 14.7. The van der Waals surface area contributed by atoms with Crippen molar-refractivity contribution in [3.8, 4) is 0 Å². The maximum Gasteiger partial charge on any atom is 0.226 e. The number of halogens is 1. The standard InChI is InChI=1S/C21H26ClN5O3S/c1-14-9-15(11-25-20(14)31(2,29)30)10-16-3-8-27(21(16)28)17-4-6-26(7-5-17)19-13-23-18(22)12-24-19/h9,11-13,16-17H,3-8,10H2,1-2H3/t16-/m1/s1. The van der Waals surface area contributed by atoms with E-state index >= 15 is 0 Å². The molecule has 8 nitrogen and oxygen atoms in total. The minimum atomic E-state index is -3.34. The van der Waals surface area contributed by atoms with Crippen LogP contribution >= 0.6 is 11.6 Å². The Morgan fingerprint density at radius 1 is 1.06 bits per heavy atom. The number of hydrogen-bond acceptors (Lipinski definition) is 7. The number of carbonyl (C=O) groups is 1. The minimum Gasteiger partial charge on any atom is -0.355 e. The van der Waals surface area contributed by atoms with E-state index in [2.05, 4.69) is 19.9 Å². The highest BCUT2D eigenvalue weighted by Gasteiger charge is 2.37. The fourth-order valence-electron chi connectivity index (χ4n) is 4.60. The van der Waals surface area contributed by atoms with Gasteiger partial charge in [-0.15, -0.1) is 0 Å². The molecular formula is C21H26ClN5O3S. The molecule has 2 aliphatic heterocycles. The van der Waals surface area contributed by atoms with E-state index in [1.165, 1.54) is 0 Å². The molecule has 0 unspecified atom stereocenters. The van der Waals surface area contributed by atoms with E-state index in [9.17, 15) is 13.2 Å². The van der Waals surface area contributed by atoms with Crippen molar-refractivity contribution in [3.63, 3.8) is 0 Å². The predicted octanol–water partition coefficient (Wildman–Crippen LogP) is 2.30. The summed E-state index contributed by atoms with van der Waals surface area (Å²) in [6, 6.07) is 2.08. The maximum absolute atomic E-state index is 13.1. The summed E-state index contributed by atoms with van der Waals surface area (Å²) in [5, 5.41) is 0.483. The van der Waals surface area contributed by atoms with Gasteiger partial charge in [0, 0.05) is 44.0 Å². The molecule has 2 saturated heterocycles. The second-order valence-corrected chi connectivity index (χ2v) is 10.7. The summed E-state index contributed by atoms with van der Waals surface area (Å²) >= 11 is 5.82. The number of carbonyl (C=O) groups excluding carboxylic acids is 1. The Hall–Kier alpha value is -2.26. The lowest BCUT2D eigenvalue weighted by molar-refractivity contribution is -0.133. The van der Waals surface area contributed by atoms with Gasteiger partial charge in [0.1, 0.15) is 11.0 Å². The number of likely N-dealkylation sites (tertiary alicyclic amines) is 1. The van der Waals surface area contributed by atoms with E-state index in [4.69, 9.17) is 11.6 Å². The molecule has 31 heavy (non-hydrogen) atoms. The van der Waals surface area contributed by atoms with E-state index < -0.39 is 9.84 Å². The summed E-state index contributed by atoms with van der Waals surface area (Å²) in [7, 11) is -3.34. The first kappa shape index (κ1) is 22.0. The maximum atomic E-state index is 13.1. The van der Waals surface area contributed by atoms with Gasteiger partial charge in [-0.25, -0.2) is 23.4 Å². The Kier molecular flexibility index (Phi) is 6.16. The molecule has 0 aliphatic carbocycles. The molecule has 2 fully saturated rings. The van der Waals surface area contributed by atoms with Crippen LogP contribution in [0, 0.1) is 12.8 Å². The van der Waals surface area contributed by atoms with Crippen LogP contribution in [0.4, 0.5) is 5.82 Å². The molecule has 0 bridgehead atoms. The number of pyridine rings is 1. The highest BCUT2D eigenvalue weighted by Crippen LogP contribution is 2.29. The molecule has 166 valence electrons. The molecule has 2 aromatic heterocycles. The van der Waals surface area contributed by atoms with Crippen molar-refractivity contribution < 1.29 is 13.2 Å². The van der Waals surface area contributed by atoms with E-state index in [0.29, 0.717) is 17.1 Å². The molecule has 1 amide bonds. The lowest BCUT2D eigenvalue weighted by Crippen LogP contribution is -2.46. The number of piperidine rings is 1. The fraction of sp³-hybridized carbons (Fsp3) is 0.524. The van der Waals surface area contributed by atoms with Crippen molar-refractivity contribution in [1.29, 1.82) is 0 Å². The topological polar surface area (TPSA) is 96.4 Å². The zero-order valence-corrected chi connectivity index (χ0v) is 19.2. The zero-order chi connectivity index (χ0) is 22.2. The number of hydrogen-bond donors (Lipinski definition) is 0. The van der Waals surface area contributed by atoms with E-state index in [1.807, 2.05) is 11.0 Å². The molecular weight excluding hydrogens is 438 g/mol. The SMILES string of the molecule is Cc1cc(C[C@H]2CCN(C3CCN(c4cnc(Cl)cn4)CC3)C2=O)cnc1S(C)(=O)=O. The number of nitrogens with zero attached hydrogens (tertiary/aromatic N) is 5. The number of sulfone groups is 1. The number of rotatable bonds is 5. The molecule has 10 heteroatoms. The van der Waals surface area contributed by atoms with Gasteiger partial charge in [0.2, 0.25) is 5.91 Å². The summed E-state index contributed by atoms with van der Waals surface area (Å²) in [6.07, 6.45) is 9.18. The van der Waals surface area contributed by atoms with Gasteiger partial charge < -0.3 is 9.80 Å². The highest BCUT2D eigenvalue weighted by atomic mass is 35.5. The van der Waals surface area contributed by atoms with Gasteiger partial charge in [0.25, 0.3) is 0 Å². The first-order valence-electron chi connectivity index (χ1n) is 10.4. The average Bonchev–Trinajstić information content (AvgIpc) is 3.08. The predicted molar refractivity (Wildman–Crippen MR) is 118 cm³/mol.